The van der Waals surface area contributed by atoms with Crippen molar-refractivity contribution < 1.29 is 13.2 Å². The molecule has 114 valence electrons. The molecule has 1 aliphatic carbocycles. The van der Waals surface area contributed by atoms with Crippen molar-refractivity contribution in [3.05, 3.63) is 23.8 Å². The van der Waals surface area contributed by atoms with Gasteiger partial charge in [-0.2, -0.15) is 13.2 Å². The summed E-state index contributed by atoms with van der Waals surface area (Å²) in [6, 6.07) is 3.74. The molecule has 1 aromatic heterocycles. The van der Waals surface area contributed by atoms with Crippen molar-refractivity contribution in [1.82, 2.24) is 4.98 Å². The van der Waals surface area contributed by atoms with Gasteiger partial charge in [0.25, 0.3) is 0 Å². The lowest BCUT2D eigenvalue weighted by Gasteiger charge is -2.13. The van der Waals surface area contributed by atoms with E-state index in [4.69, 9.17) is 0 Å². The predicted octanol–water partition coefficient (Wildman–Crippen LogP) is 5.31. The van der Waals surface area contributed by atoms with Crippen LogP contribution in [-0.2, 0) is 6.18 Å². The number of nitrogens with one attached hydrogen (secondary N) is 1. The zero-order valence-corrected chi connectivity index (χ0v) is 12.6. The Morgan fingerprint density at radius 3 is 2.71 bits per heavy atom. The Morgan fingerprint density at radius 1 is 1.33 bits per heavy atom. The molecular weight excluding hydrogens is 297 g/mol. The van der Waals surface area contributed by atoms with E-state index in [1.165, 1.54) is 36.7 Å². The average molecular weight is 314 g/mol. The second kappa shape index (κ2) is 5.16. The monoisotopic (exact) mass is 314 g/mol. The summed E-state index contributed by atoms with van der Waals surface area (Å²) < 4.78 is 38.8. The first kappa shape index (κ1) is 14.6. The molecular formula is C15H17F3N2S. The first-order valence-corrected chi connectivity index (χ1v) is 7.95. The predicted molar refractivity (Wildman–Crippen MR) is 79.7 cm³/mol. The molecule has 0 aliphatic heterocycles. The molecule has 1 N–H and O–H groups in total. The van der Waals surface area contributed by atoms with Gasteiger partial charge in [-0.15, -0.1) is 0 Å². The minimum Gasteiger partial charge on any atom is -0.361 e. The molecule has 21 heavy (non-hydrogen) atoms. The van der Waals surface area contributed by atoms with Crippen molar-refractivity contribution in [2.24, 2.45) is 5.41 Å². The first-order valence-electron chi connectivity index (χ1n) is 7.14. The highest BCUT2D eigenvalue weighted by molar-refractivity contribution is 7.22. The number of hydrogen-bond donors (Lipinski definition) is 1. The Bertz CT molecular complexity index is 644. The van der Waals surface area contributed by atoms with E-state index in [1.807, 2.05) is 0 Å². The van der Waals surface area contributed by atoms with E-state index in [0.717, 1.165) is 29.8 Å². The molecule has 0 radical (unpaired) electrons. The summed E-state index contributed by atoms with van der Waals surface area (Å²) in [5.41, 5.74) is 0.165. The lowest BCUT2D eigenvalue weighted by Crippen LogP contribution is -2.14. The van der Waals surface area contributed by atoms with Crippen molar-refractivity contribution in [1.29, 1.82) is 0 Å². The molecule has 1 saturated carbocycles. The molecule has 3 rings (SSSR count). The van der Waals surface area contributed by atoms with Crippen LogP contribution in [0.25, 0.3) is 10.2 Å². The van der Waals surface area contributed by atoms with Gasteiger partial charge < -0.3 is 5.32 Å². The second-order valence-electron chi connectivity index (χ2n) is 5.80. The molecule has 1 fully saturated rings. The van der Waals surface area contributed by atoms with Gasteiger partial charge in [-0.3, -0.25) is 0 Å². The number of aromatic nitrogens is 1. The van der Waals surface area contributed by atoms with Crippen LogP contribution in [0.3, 0.4) is 0 Å². The van der Waals surface area contributed by atoms with Crippen molar-refractivity contribution in [3.8, 4) is 0 Å². The summed E-state index contributed by atoms with van der Waals surface area (Å²) in [7, 11) is 0. The highest BCUT2D eigenvalue weighted by Gasteiger charge is 2.41. The summed E-state index contributed by atoms with van der Waals surface area (Å²) in [4.78, 5) is 4.29. The molecule has 0 amide bonds. The molecule has 1 aromatic carbocycles. The highest BCUT2D eigenvalue weighted by Crippen LogP contribution is 2.49. The van der Waals surface area contributed by atoms with E-state index in [-0.39, 0.29) is 0 Å². The van der Waals surface area contributed by atoms with Crippen LogP contribution in [0.4, 0.5) is 18.3 Å². The Kier molecular flexibility index (Phi) is 3.59. The third-order valence-corrected chi connectivity index (χ3v) is 5.06. The Hall–Kier alpha value is -1.30. The smallest absolute Gasteiger partial charge is 0.361 e. The lowest BCUT2D eigenvalue weighted by molar-refractivity contribution is -0.137. The molecule has 0 saturated heterocycles. The van der Waals surface area contributed by atoms with Crippen LogP contribution in [0, 0.1) is 5.41 Å². The van der Waals surface area contributed by atoms with Crippen LogP contribution in [-0.4, -0.2) is 11.5 Å². The van der Waals surface area contributed by atoms with Gasteiger partial charge in [0.2, 0.25) is 0 Å². The second-order valence-corrected chi connectivity index (χ2v) is 6.83. The molecule has 0 unspecified atom stereocenters. The minimum absolute atomic E-state index is 0.393. The molecule has 6 heteroatoms. The minimum atomic E-state index is -4.31. The standard InChI is InChI=1S/C15H17F3N2S/c1-2-5-14(6-7-14)9-19-13-20-11-8-10(15(16,17)18)3-4-12(11)21-13/h3-4,8H,2,5-7,9H2,1H3,(H,19,20). The number of fused-ring (bicyclic) bond motifs is 1. The third-order valence-electron chi connectivity index (χ3n) is 4.07. The molecule has 0 atom stereocenters. The summed E-state index contributed by atoms with van der Waals surface area (Å²) in [6.45, 7) is 3.04. The molecule has 1 heterocycles. The number of rotatable bonds is 5. The van der Waals surface area contributed by atoms with E-state index in [2.05, 4.69) is 17.2 Å². The van der Waals surface area contributed by atoms with Crippen LogP contribution in [0.5, 0.6) is 0 Å². The number of hydrogen-bond acceptors (Lipinski definition) is 3. The largest absolute Gasteiger partial charge is 0.416 e. The SMILES string of the molecule is CCCC1(CNc2nc3cc(C(F)(F)F)ccc3s2)CC1. The van der Waals surface area contributed by atoms with Gasteiger partial charge in [-0.05, 0) is 42.9 Å². The van der Waals surface area contributed by atoms with Gasteiger partial charge in [-0.25, -0.2) is 4.98 Å². The van der Waals surface area contributed by atoms with Gasteiger partial charge in [0.1, 0.15) is 0 Å². The van der Waals surface area contributed by atoms with Crippen molar-refractivity contribution in [2.45, 2.75) is 38.8 Å². The zero-order valence-electron chi connectivity index (χ0n) is 11.8. The summed E-state index contributed by atoms with van der Waals surface area (Å²) in [6.07, 6.45) is 0.512. The van der Waals surface area contributed by atoms with Gasteiger partial charge in [0, 0.05) is 6.54 Å². The van der Waals surface area contributed by atoms with Crippen LogP contribution < -0.4 is 5.32 Å². The van der Waals surface area contributed by atoms with Crippen molar-refractivity contribution >= 4 is 26.7 Å². The molecule has 0 bridgehead atoms. The molecule has 2 nitrogen and oxygen atoms in total. The first-order chi connectivity index (χ1) is 9.92. The average Bonchev–Trinajstić information content (AvgIpc) is 3.05. The van der Waals surface area contributed by atoms with E-state index >= 15 is 0 Å². The van der Waals surface area contributed by atoms with E-state index < -0.39 is 11.7 Å². The van der Waals surface area contributed by atoms with Gasteiger partial charge in [-0.1, -0.05) is 24.7 Å². The Labute approximate surface area is 125 Å². The van der Waals surface area contributed by atoms with Crippen molar-refractivity contribution in [3.63, 3.8) is 0 Å². The quantitative estimate of drug-likeness (QED) is 0.809. The summed E-state index contributed by atoms with van der Waals surface area (Å²) >= 11 is 1.41. The van der Waals surface area contributed by atoms with E-state index in [1.54, 1.807) is 0 Å². The van der Waals surface area contributed by atoms with Gasteiger partial charge in [0.15, 0.2) is 5.13 Å². The number of benzene rings is 1. The third kappa shape index (κ3) is 3.15. The number of thiazole rings is 1. The number of anilines is 1. The fourth-order valence-corrected chi connectivity index (χ4v) is 3.51. The lowest BCUT2D eigenvalue weighted by atomic mass is 10.0. The Morgan fingerprint density at radius 2 is 2.10 bits per heavy atom. The molecule has 1 aliphatic rings. The molecule has 0 spiro atoms. The zero-order chi connectivity index (χ0) is 15.1. The fraction of sp³-hybridized carbons (Fsp3) is 0.533. The van der Waals surface area contributed by atoms with Crippen LogP contribution in [0.1, 0.15) is 38.2 Å². The number of nitrogens with zero attached hydrogens (tertiary/aromatic N) is 1. The van der Waals surface area contributed by atoms with Gasteiger partial charge in [0.05, 0.1) is 15.8 Å². The van der Waals surface area contributed by atoms with Crippen LogP contribution in [0.2, 0.25) is 0 Å². The normalized spacial score (nSPS) is 17.1. The van der Waals surface area contributed by atoms with Crippen LogP contribution >= 0.6 is 11.3 Å². The fourth-order valence-electron chi connectivity index (χ4n) is 2.66. The van der Waals surface area contributed by atoms with Gasteiger partial charge >= 0.3 is 6.18 Å². The van der Waals surface area contributed by atoms with E-state index in [9.17, 15) is 13.2 Å². The maximum atomic E-state index is 12.7. The number of halogens is 3. The highest BCUT2D eigenvalue weighted by atomic mass is 32.1. The maximum Gasteiger partial charge on any atom is 0.416 e. The number of alkyl halides is 3. The molecule has 2 aromatic rings. The summed E-state index contributed by atoms with van der Waals surface area (Å²) in [5, 5.41) is 4.02. The maximum absolute atomic E-state index is 12.7. The van der Waals surface area contributed by atoms with Crippen molar-refractivity contribution in [2.75, 3.05) is 11.9 Å². The topological polar surface area (TPSA) is 24.9 Å². The summed E-state index contributed by atoms with van der Waals surface area (Å²) in [5.74, 6) is 0. The van der Waals surface area contributed by atoms with Crippen LogP contribution in [0.15, 0.2) is 18.2 Å². The Balaban J connectivity index is 1.75. The van der Waals surface area contributed by atoms with E-state index in [0.29, 0.717) is 16.1 Å².